The van der Waals surface area contributed by atoms with Gasteiger partial charge in [-0.15, -0.1) is 11.3 Å². The van der Waals surface area contributed by atoms with Crippen molar-refractivity contribution in [2.45, 2.75) is 25.8 Å². The predicted molar refractivity (Wildman–Crippen MR) is 80.5 cm³/mol. The van der Waals surface area contributed by atoms with Crippen LogP contribution in [0.25, 0.3) is 10.6 Å². The Hall–Kier alpha value is -1.79. The molecule has 0 aliphatic heterocycles. The van der Waals surface area contributed by atoms with Gasteiger partial charge in [0, 0.05) is 10.9 Å². The van der Waals surface area contributed by atoms with Gasteiger partial charge < -0.3 is 10.4 Å². The summed E-state index contributed by atoms with van der Waals surface area (Å²) >= 11 is 1.37. The van der Waals surface area contributed by atoms with Crippen molar-refractivity contribution in [3.8, 4) is 10.6 Å². The molecule has 0 atom stereocenters. The molecule has 0 saturated carbocycles. The molecule has 0 spiro atoms. The first-order valence-electron chi connectivity index (χ1n) is 6.52. The third-order valence-electron chi connectivity index (χ3n) is 2.84. The molecule has 21 heavy (non-hydrogen) atoms. The van der Waals surface area contributed by atoms with Crippen molar-refractivity contribution in [2.24, 2.45) is 0 Å². The van der Waals surface area contributed by atoms with E-state index in [9.17, 15) is 9.18 Å². The minimum Gasteiger partial charge on any atom is -0.394 e. The molecule has 2 aromatic rings. The van der Waals surface area contributed by atoms with Gasteiger partial charge in [-0.25, -0.2) is 9.37 Å². The summed E-state index contributed by atoms with van der Waals surface area (Å²) in [7, 11) is 0. The first-order valence-corrected chi connectivity index (χ1v) is 7.40. The van der Waals surface area contributed by atoms with Crippen LogP contribution in [0.5, 0.6) is 0 Å². The SMILES string of the molecule is CC(C)(CO)NC(=O)Cc1csc(-c2cccc(F)c2)n1. The number of aromatic nitrogens is 1. The molecule has 1 aromatic carbocycles. The van der Waals surface area contributed by atoms with Crippen LogP contribution >= 0.6 is 11.3 Å². The number of nitrogens with zero attached hydrogens (tertiary/aromatic N) is 1. The molecule has 112 valence electrons. The number of carbonyl (C=O) groups is 1. The monoisotopic (exact) mass is 308 g/mol. The number of benzene rings is 1. The molecule has 0 bridgehead atoms. The van der Waals surface area contributed by atoms with Gasteiger partial charge in [0.25, 0.3) is 0 Å². The van der Waals surface area contributed by atoms with Gasteiger partial charge in [0.05, 0.1) is 24.3 Å². The molecule has 1 aromatic heterocycles. The fourth-order valence-electron chi connectivity index (χ4n) is 1.77. The lowest BCUT2D eigenvalue weighted by molar-refractivity contribution is -0.122. The number of aliphatic hydroxyl groups excluding tert-OH is 1. The van der Waals surface area contributed by atoms with Gasteiger partial charge in [-0.05, 0) is 26.0 Å². The van der Waals surface area contributed by atoms with E-state index < -0.39 is 5.54 Å². The molecule has 0 fully saturated rings. The quantitative estimate of drug-likeness (QED) is 0.891. The highest BCUT2D eigenvalue weighted by Crippen LogP contribution is 2.24. The van der Waals surface area contributed by atoms with Gasteiger partial charge >= 0.3 is 0 Å². The van der Waals surface area contributed by atoms with Crippen LogP contribution in [0.15, 0.2) is 29.6 Å². The summed E-state index contributed by atoms with van der Waals surface area (Å²) in [5.74, 6) is -0.517. The molecule has 2 rings (SSSR count). The van der Waals surface area contributed by atoms with Crippen LogP contribution in [0.1, 0.15) is 19.5 Å². The first-order chi connectivity index (χ1) is 9.89. The summed E-state index contributed by atoms with van der Waals surface area (Å²) in [4.78, 5) is 16.2. The molecule has 0 unspecified atom stereocenters. The second-order valence-electron chi connectivity index (χ2n) is 5.42. The Morgan fingerprint density at radius 3 is 2.90 bits per heavy atom. The van der Waals surface area contributed by atoms with E-state index >= 15 is 0 Å². The summed E-state index contributed by atoms with van der Waals surface area (Å²) in [6, 6.07) is 6.20. The van der Waals surface area contributed by atoms with Crippen LogP contribution in [0.3, 0.4) is 0 Å². The summed E-state index contributed by atoms with van der Waals surface area (Å²) < 4.78 is 13.2. The van der Waals surface area contributed by atoms with Crippen molar-refractivity contribution < 1.29 is 14.3 Å². The fourth-order valence-corrected chi connectivity index (χ4v) is 2.58. The van der Waals surface area contributed by atoms with Crippen LogP contribution in [-0.4, -0.2) is 28.1 Å². The van der Waals surface area contributed by atoms with Crippen molar-refractivity contribution in [3.63, 3.8) is 0 Å². The molecule has 6 heteroatoms. The number of aliphatic hydroxyl groups is 1. The second-order valence-corrected chi connectivity index (χ2v) is 6.28. The average Bonchev–Trinajstić information content (AvgIpc) is 2.86. The van der Waals surface area contributed by atoms with Crippen LogP contribution < -0.4 is 5.32 Å². The fraction of sp³-hybridized carbons (Fsp3) is 0.333. The van der Waals surface area contributed by atoms with E-state index in [2.05, 4.69) is 10.3 Å². The Balaban J connectivity index is 2.05. The number of nitrogens with one attached hydrogen (secondary N) is 1. The van der Waals surface area contributed by atoms with Crippen LogP contribution in [0.2, 0.25) is 0 Å². The molecule has 0 aliphatic rings. The Labute approximate surface area is 126 Å². The minimum absolute atomic E-state index is 0.134. The van der Waals surface area contributed by atoms with E-state index in [0.29, 0.717) is 16.3 Å². The highest BCUT2D eigenvalue weighted by Gasteiger charge is 2.19. The molecule has 2 N–H and O–H groups in total. The van der Waals surface area contributed by atoms with Gasteiger partial charge in [-0.3, -0.25) is 4.79 Å². The zero-order valence-corrected chi connectivity index (χ0v) is 12.7. The van der Waals surface area contributed by atoms with E-state index in [-0.39, 0.29) is 24.8 Å². The molecular formula is C15H17FN2O2S. The van der Waals surface area contributed by atoms with Crippen LogP contribution in [0, 0.1) is 5.82 Å². The summed E-state index contributed by atoms with van der Waals surface area (Å²) in [5, 5.41) is 14.3. The molecule has 0 saturated heterocycles. The Morgan fingerprint density at radius 1 is 1.48 bits per heavy atom. The van der Waals surface area contributed by atoms with E-state index in [1.807, 2.05) is 0 Å². The first kappa shape index (κ1) is 15.6. The zero-order valence-electron chi connectivity index (χ0n) is 11.9. The van der Waals surface area contributed by atoms with Crippen LogP contribution in [-0.2, 0) is 11.2 Å². The molecule has 4 nitrogen and oxygen atoms in total. The van der Waals surface area contributed by atoms with E-state index in [1.165, 1.54) is 23.5 Å². The smallest absolute Gasteiger partial charge is 0.226 e. The maximum absolute atomic E-state index is 13.2. The maximum Gasteiger partial charge on any atom is 0.226 e. The third kappa shape index (κ3) is 4.34. The molecule has 1 amide bonds. The van der Waals surface area contributed by atoms with Crippen molar-refractivity contribution in [3.05, 3.63) is 41.2 Å². The Bertz CT molecular complexity index is 640. The predicted octanol–water partition coefficient (Wildman–Crippen LogP) is 2.38. The number of carbonyl (C=O) groups excluding carboxylic acids is 1. The van der Waals surface area contributed by atoms with Crippen molar-refractivity contribution in [1.29, 1.82) is 0 Å². The topological polar surface area (TPSA) is 62.2 Å². The standard InChI is InChI=1S/C15H17FN2O2S/c1-15(2,9-19)18-13(20)7-12-8-21-14(17-12)10-4-3-5-11(16)6-10/h3-6,8,19H,7,9H2,1-2H3,(H,18,20). The molecule has 0 radical (unpaired) electrons. The number of thiazole rings is 1. The average molecular weight is 308 g/mol. The van der Waals surface area contributed by atoms with Gasteiger partial charge in [0.15, 0.2) is 0 Å². The normalized spacial score (nSPS) is 11.4. The van der Waals surface area contributed by atoms with E-state index in [0.717, 1.165) is 0 Å². The zero-order chi connectivity index (χ0) is 15.5. The number of hydrogen-bond acceptors (Lipinski definition) is 4. The lowest BCUT2D eigenvalue weighted by Gasteiger charge is -2.23. The van der Waals surface area contributed by atoms with Gasteiger partial charge in [0.1, 0.15) is 10.8 Å². The number of rotatable bonds is 5. The van der Waals surface area contributed by atoms with Gasteiger partial charge in [0.2, 0.25) is 5.91 Å². The van der Waals surface area contributed by atoms with E-state index in [1.54, 1.807) is 31.4 Å². The molecular weight excluding hydrogens is 291 g/mol. The highest BCUT2D eigenvalue weighted by atomic mass is 32.1. The molecule has 0 aliphatic carbocycles. The largest absolute Gasteiger partial charge is 0.394 e. The third-order valence-corrected chi connectivity index (χ3v) is 3.78. The summed E-state index contributed by atoms with van der Waals surface area (Å²) in [5.41, 5.74) is 0.672. The minimum atomic E-state index is -0.654. The van der Waals surface area contributed by atoms with Gasteiger partial charge in [-0.2, -0.15) is 0 Å². The molecule has 1 heterocycles. The Morgan fingerprint density at radius 2 is 2.24 bits per heavy atom. The van der Waals surface area contributed by atoms with Crippen LogP contribution in [0.4, 0.5) is 4.39 Å². The number of hydrogen-bond donors (Lipinski definition) is 2. The van der Waals surface area contributed by atoms with E-state index in [4.69, 9.17) is 5.11 Å². The lowest BCUT2D eigenvalue weighted by Crippen LogP contribution is -2.46. The van der Waals surface area contributed by atoms with Gasteiger partial charge in [-0.1, -0.05) is 12.1 Å². The Kier molecular flexibility index (Phi) is 4.69. The van der Waals surface area contributed by atoms with Crippen molar-refractivity contribution in [1.82, 2.24) is 10.3 Å². The second kappa shape index (κ2) is 6.32. The maximum atomic E-state index is 13.2. The number of halogens is 1. The number of amides is 1. The lowest BCUT2D eigenvalue weighted by atomic mass is 10.1. The summed E-state index contributed by atoms with van der Waals surface area (Å²) in [6.45, 7) is 3.35. The summed E-state index contributed by atoms with van der Waals surface area (Å²) in [6.07, 6.45) is 0.134. The van der Waals surface area contributed by atoms with Crippen molar-refractivity contribution in [2.75, 3.05) is 6.61 Å². The van der Waals surface area contributed by atoms with Crippen molar-refractivity contribution >= 4 is 17.2 Å². The highest BCUT2D eigenvalue weighted by molar-refractivity contribution is 7.13.